The minimum absolute atomic E-state index is 0.255. The van der Waals surface area contributed by atoms with Crippen LogP contribution in [-0.2, 0) is 11.3 Å². The average molecular weight is 343 g/mol. The van der Waals surface area contributed by atoms with Gasteiger partial charge < -0.3 is 10.5 Å². The molecule has 6 heteroatoms. The summed E-state index contributed by atoms with van der Waals surface area (Å²) in [5, 5.41) is 3.12. The molecule has 0 bridgehead atoms. The van der Waals surface area contributed by atoms with Gasteiger partial charge >= 0.3 is 0 Å². The Kier molecular flexibility index (Phi) is 4.12. The van der Waals surface area contributed by atoms with Gasteiger partial charge in [-0.3, -0.25) is 9.69 Å². The topological polar surface area (TPSA) is 68.5 Å². The summed E-state index contributed by atoms with van der Waals surface area (Å²) in [7, 11) is 0. The highest BCUT2D eigenvalue weighted by Gasteiger charge is 2.44. The third-order valence-corrected chi connectivity index (χ3v) is 6.09. The number of carbonyl (C=O) groups is 1. The van der Waals surface area contributed by atoms with Crippen LogP contribution in [0.2, 0.25) is 0 Å². The molecule has 126 valence electrons. The monoisotopic (exact) mass is 343 g/mol. The molecule has 1 aromatic carbocycles. The summed E-state index contributed by atoms with van der Waals surface area (Å²) in [6.07, 6.45) is 3.77. The second-order valence-electron chi connectivity index (χ2n) is 6.64. The number of amides is 1. The molecule has 1 spiro atoms. The summed E-state index contributed by atoms with van der Waals surface area (Å²) in [6, 6.07) is 7.32. The SMILES string of the molecule is NC(=O)c1ccc(-c2nc(CN3CCOCC34CCC4)cs2)cc1. The number of morpholine rings is 1. The molecule has 1 saturated heterocycles. The predicted molar refractivity (Wildman–Crippen MR) is 93.9 cm³/mol. The molecular formula is C18H21N3O2S. The van der Waals surface area contributed by atoms with Gasteiger partial charge in [-0.05, 0) is 31.4 Å². The zero-order valence-corrected chi connectivity index (χ0v) is 14.3. The lowest BCUT2D eigenvalue weighted by Crippen LogP contribution is -2.60. The van der Waals surface area contributed by atoms with E-state index in [0.717, 1.165) is 42.6 Å². The molecule has 1 aliphatic heterocycles. The lowest BCUT2D eigenvalue weighted by molar-refractivity contribution is -0.111. The largest absolute Gasteiger partial charge is 0.378 e. The molecule has 2 N–H and O–H groups in total. The molecule has 5 nitrogen and oxygen atoms in total. The second-order valence-corrected chi connectivity index (χ2v) is 7.50. The van der Waals surface area contributed by atoms with E-state index in [9.17, 15) is 4.79 Å². The van der Waals surface area contributed by atoms with E-state index < -0.39 is 5.91 Å². The van der Waals surface area contributed by atoms with Gasteiger partial charge in [-0.15, -0.1) is 11.3 Å². The van der Waals surface area contributed by atoms with Crippen LogP contribution in [0.4, 0.5) is 0 Å². The number of rotatable bonds is 4. The Labute approximate surface area is 145 Å². The zero-order chi connectivity index (χ0) is 16.6. The molecule has 0 unspecified atom stereocenters. The first-order chi connectivity index (χ1) is 11.7. The van der Waals surface area contributed by atoms with Gasteiger partial charge in [0.1, 0.15) is 5.01 Å². The fourth-order valence-corrected chi connectivity index (χ4v) is 4.36. The van der Waals surface area contributed by atoms with Crippen LogP contribution in [0.1, 0.15) is 35.3 Å². The Morgan fingerprint density at radius 3 is 2.79 bits per heavy atom. The minimum atomic E-state index is -0.403. The molecule has 4 rings (SSSR count). The first-order valence-corrected chi connectivity index (χ1v) is 9.22. The number of thiazole rings is 1. The summed E-state index contributed by atoms with van der Waals surface area (Å²) in [6.45, 7) is 3.55. The number of hydrogen-bond donors (Lipinski definition) is 1. The Balaban J connectivity index is 1.49. The van der Waals surface area contributed by atoms with E-state index in [0.29, 0.717) is 5.56 Å². The molecule has 1 aliphatic carbocycles. The van der Waals surface area contributed by atoms with Crippen LogP contribution in [0.15, 0.2) is 29.6 Å². The van der Waals surface area contributed by atoms with Crippen LogP contribution in [-0.4, -0.2) is 41.1 Å². The van der Waals surface area contributed by atoms with Crippen molar-refractivity contribution in [1.82, 2.24) is 9.88 Å². The van der Waals surface area contributed by atoms with Crippen molar-refractivity contribution in [2.24, 2.45) is 5.73 Å². The van der Waals surface area contributed by atoms with Crippen LogP contribution in [0, 0.1) is 0 Å². The minimum Gasteiger partial charge on any atom is -0.378 e. The number of ether oxygens (including phenoxy) is 1. The van der Waals surface area contributed by atoms with Crippen LogP contribution in [0.5, 0.6) is 0 Å². The maximum atomic E-state index is 11.2. The van der Waals surface area contributed by atoms with Gasteiger partial charge in [0.05, 0.1) is 18.9 Å². The van der Waals surface area contributed by atoms with Gasteiger partial charge in [-0.25, -0.2) is 4.98 Å². The van der Waals surface area contributed by atoms with Gasteiger partial charge in [-0.2, -0.15) is 0 Å². The third-order valence-electron chi connectivity index (χ3n) is 5.15. The maximum Gasteiger partial charge on any atom is 0.248 e. The normalized spacial score (nSPS) is 20.0. The summed E-state index contributed by atoms with van der Waals surface area (Å²) >= 11 is 1.65. The Morgan fingerprint density at radius 1 is 1.33 bits per heavy atom. The summed E-state index contributed by atoms with van der Waals surface area (Å²) in [5.74, 6) is -0.403. The molecule has 0 radical (unpaired) electrons. The van der Waals surface area contributed by atoms with Crippen LogP contribution in [0.3, 0.4) is 0 Å². The second kappa shape index (κ2) is 6.27. The molecule has 1 saturated carbocycles. The lowest BCUT2D eigenvalue weighted by Gasteiger charge is -2.52. The van der Waals surface area contributed by atoms with Crippen molar-refractivity contribution in [3.8, 4) is 10.6 Å². The Hall–Kier alpha value is -1.76. The zero-order valence-electron chi connectivity index (χ0n) is 13.5. The van der Waals surface area contributed by atoms with Crippen molar-refractivity contribution in [2.45, 2.75) is 31.3 Å². The highest BCUT2D eigenvalue weighted by Crippen LogP contribution is 2.40. The Bertz CT molecular complexity index is 737. The quantitative estimate of drug-likeness (QED) is 0.927. The summed E-state index contributed by atoms with van der Waals surface area (Å²) in [4.78, 5) is 18.5. The first kappa shape index (κ1) is 15.7. The van der Waals surface area contributed by atoms with Crippen LogP contribution in [0.25, 0.3) is 10.6 Å². The predicted octanol–water partition coefficient (Wildman–Crippen LogP) is 2.66. The van der Waals surface area contributed by atoms with E-state index in [1.807, 2.05) is 12.1 Å². The van der Waals surface area contributed by atoms with E-state index in [1.54, 1.807) is 23.5 Å². The van der Waals surface area contributed by atoms with Gasteiger partial charge in [0.25, 0.3) is 0 Å². The highest BCUT2D eigenvalue weighted by atomic mass is 32.1. The molecule has 24 heavy (non-hydrogen) atoms. The van der Waals surface area contributed by atoms with Gasteiger partial charge in [0, 0.05) is 35.1 Å². The standard InChI is InChI=1S/C18H21N3O2S/c19-16(22)13-2-4-14(5-3-13)17-20-15(11-24-17)10-21-8-9-23-12-18(21)6-1-7-18/h2-5,11H,1,6-10,12H2,(H2,19,22). The van der Waals surface area contributed by atoms with Gasteiger partial charge in [0.15, 0.2) is 0 Å². The summed E-state index contributed by atoms with van der Waals surface area (Å²) < 4.78 is 5.70. The number of nitrogens with zero attached hydrogens (tertiary/aromatic N) is 2. The fraction of sp³-hybridized carbons (Fsp3) is 0.444. The van der Waals surface area contributed by atoms with E-state index in [2.05, 4.69) is 10.3 Å². The van der Waals surface area contributed by atoms with Crippen LogP contribution < -0.4 is 5.73 Å². The number of hydrogen-bond acceptors (Lipinski definition) is 5. The first-order valence-electron chi connectivity index (χ1n) is 8.34. The number of aromatic nitrogens is 1. The van der Waals surface area contributed by atoms with Crippen LogP contribution >= 0.6 is 11.3 Å². The van der Waals surface area contributed by atoms with Crippen molar-refractivity contribution in [3.63, 3.8) is 0 Å². The lowest BCUT2D eigenvalue weighted by atomic mass is 9.75. The van der Waals surface area contributed by atoms with Crippen molar-refractivity contribution >= 4 is 17.2 Å². The number of carbonyl (C=O) groups excluding carboxylic acids is 1. The van der Waals surface area contributed by atoms with Crippen molar-refractivity contribution < 1.29 is 9.53 Å². The molecule has 0 atom stereocenters. The van der Waals surface area contributed by atoms with Crippen molar-refractivity contribution in [1.29, 1.82) is 0 Å². The van der Waals surface area contributed by atoms with E-state index >= 15 is 0 Å². The number of primary amides is 1. The maximum absolute atomic E-state index is 11.2. The summed E-state index contributed by atoms with van der Waals surface area (Å²) in [5.41, 5.74) is 8.20. The average Bonchev–Trinajstić information content (AvgIpc) is 3.02. The van der Waals surface area contributed by atoms with E-state index in [4.69, 9.17) is 15.5 Å². The smallest absolute Gasteiger partial charge is 0.248 e. The molecule has 1 amide bonds. The third kappa shape index (κ3) is 2.85. The van der Waals surface area contributed by atoms with Gasteiger partial charge in [-0.1, -0.05) is 12.1 Å². The number of benzene rings is 1. The molecular weight excluding hydrogens is 322 g/mol. The highest BCUT2D eigenvalue weighted by molar-refractivity contribution is 7.13. The Morgan fingerprint density at radius 2 is 2.12 bits per heavy atom. The fourth-order valence-electron chi connectivity index (χ4n) is 3.54. The number of nitrogens with two attached hydrogens (primary N) is 1. The van der Waals surface area contributed by atoms with Crippen molar-refractivity contribution in [2.75, 3.05) is 19.8 Å². The molecule has 2 aromatic rings. The molecule has 2 fully saturated rings. The molecule has 1 aromatic heterocycles. The van der Waals surface area contributed by atoms with Gasteiger partial charge in [0.2, 0.25) is 5.91 Å². The molecule has 2 aliphatic rings. The van der Waals surface area contributed by atoms with Crippen molar-refractivity contribution in [3.05, 3.63) is 40.9 Å². The molecule has 2 heterocycles. The van der Waals surface area contributed by atoms with E-state index in [1.165, 1.54) is 19.3 Å². The van der Waals surface area contributed by atoms with E-state index in [-0.39, 0.29) is 5.54 Å².